The Kier molecular flexibility index (Phi) is 5.52. The molecule has 0 aromatic carbocycles. The van der Waals surface area contributed by atoms with Crippen LogP contribution in [0.5, 0.6) is 5.88 Å². The molecule has 0 bridgehead atoms. The van der Waals surface area contributed by atoms with Gasteiger partial charge in [-0.15, -0.1) is 0 Å². The fourth-order valence-electron chi connectivity index (χ4n) is 2.61. The summed E-state index contributed by atoms with van der Waals surface area (Å²) in [5.74, 6) is -0.215. The minimum Gasteiger partial charge on any atom is -0.473 e. The van der Waals surface area contributed by atoms with Crippen LogP contribution in [0.1, 0.15) is 46.5 Å². The molecule has 0 unspecified atom stereocenters. The Morgan fingerprint density at radius 1 is 1.22 bits per heavy atom. The van der Waals surface area contributed by atoms with Gasteiger partial charge in [-0.25, -0.2) is 4.98 Å². The van der Waals surface area contributed by atoms with Crippen molar-refractivity contribution in [2.24, 2.45) is 0 Å². The number of rotatable bonds is 5. The molecule has 0 aliphatic heterocycles. The lowest BCUT2D eigenvalue weighted by Gasteiger charge is -2.31. The molecule has 1 saturated carbocycles. The highest BCUT2D eigenvalue weighted by Crippen LogP contribution is 2.23. The number of esters is 1. The van der Waals surface area contributed by atoms with E-state index in [2.05, 4.69) is 15.3 Å². The molecule has 126 valence electrons. The van der Waals surface area contributed by atoms with Gasteiger partial charge in [0.25, 0.3) is 5.91 Å². The van der Waals surface area contributed by atoms with E-state index in [0.717, 1.165) is 25.7 Å². The molecule has 1 aliphatic rings. The van der Waals surface area contributed by atoms with E-state index >= 15 is 0 Å². The van der Waals surface area contributed by atoms with Crippen molar-refractivity contribution in [2.45, 2.75) is 64.2 Å². The van der Waals surface area contributed by atoms with Crippen LogP contribution in [0.25, 0.3) is 0 Å². The van der Waals surface area contributed by atoms with E-state index in [9.17, 15) is 9.59 Å². The van der Waals surface area contributed by atoms with Crippen LogP contribution in [0.15, 0.2) is 18.6 Å². The predicted molar refractivity (Wildman–Crippen MR) is 82.7 cm³/mol. The SMILES string of the molecule is CC(=O)OC(C)(C)C(=O)NC1CCC(Oc2cnccn2)CC1. The van der Waals surface area contributed by atoms with E-state index in [1.54, 1.807) is 32.4 Å². The molecule has 1 fully saturated rings. The maximum Gasteiger partial charge on any atom is 0.303 e. The zero-order valence-electron chi connectivity index (χ0n) is 13.7. The Morgan fingerprint density at radius 2 is 1.91 bits per heavy atom. The number of hydrogen-bond donors (Lipinski definition) is 1. The standard InChI is InChI=1S/C16H23N3O4/c1-11(20)23-16(2,3)15(21)19-12-4-6-13(7-5-12)22-14-10-17-8-9-18-14/h8-10,12-13H,4-7H2,1-3H3,(H,19,21). The first-order valence-electron chi connectivity index (χ1n) is 7.80. The van der Waals surface area contributed by atoms with Crippen LogP contribution in [0.2, 0.25) is 0 Å². The number of carbonyl (C=O) groups excluding carboxylic acids is 2. The smallest absolute Gasteiger partial charge is 0.303 e. The average Bonchev–Trinajstić information content (AvgIpc) is 2.49. The number of amides is 1. The van der Waals surface area contributed by atoms with E-state index < -0.39 is 11.6 Å². The molecule has 0 saturated heterocycles. The molecule has 1 aromatic rings. The summed E-state index contributed by atoms with van der Waals surface area (Å²) in [5.41, 5.74) is -1.15. The quantitative estimate of drug-likeness (QED) is 0.829. The van der Waals surface area contributed by atoms with Gasteiger partial charge in [0.1, 0.15) is 6.10 Å². The highest BCUT2D eigenvalue weighted by atomic mass is 16.6. The predicted octanol–water partition coefficient (Wildman–Crippen LogP) is 1.62. The van der Waals surface area contributed by atoms with Crippen molar-refractivity contribution in [1.29, 1.82) is 0 Å². The first kappa shape index (κ1) is 17.2. The summed E-state index contributed by atoms with van der Waals surface area (Å²) in [6.07, 6.45) is 8.16. The molecule has 2 rings (SSSR count). The van der Waals surface area contributed by atoms with Gasteiger partial charge in [-0.1, -0.05) is 0 Å². The maximum atomic E-state index is 12.2. The number of nitrogens with one attached hydrogen (secondary N) is 1. The van der Waals surface area contributed by atoms with Gasteiger partial charge in [0, 0.05) is 25.4 Å². The third-order valence-electron chi connectivity index (χ3n) is 3.78. The lowest BCUT2D eigenvalue weighted by atomic mass is 9.92. The summed E-state index contributed by atoms with van der Waals surface area (Å²) >= 11 is 0. The number of carbonyl (C=O) groups is 2. The molecule has 1 heterocycles. The average molecular weight is 321 g/mol. The lowest BCUT2D eigenvalue weighted by Crippen LogP contribution is -2.50. The lowest BCUT2D eigenvalue weighted by molar-refractivity contribution is -0.163. The fraction of sp³-hybridized carbons (Fsp3) is 0.625. The van der Waals surface area contributed by atoms with Gasteiger partial charge in [0.15, 0.2) is 5.60 Å². The van der Waals surface area contributed by atoms with Gasteiger partial charge < -0.3 is 14.8 Å². The Hall–Kier alpha value is -2.18. The molecule has 1 aromatic heterocycles. The molecule has 23 heavy (non-hydrogen) atoms. The second kappa shape index (κ2) is 7.39. The maximum absolute atomic E-state index is 12.2. The zero-order valence-corrected chi connectivity index (χ0v) is 13.7. The summed E-state index contributed by atoms with van der Waals surface area (Å²) in [6.45, 7) is 4.48. The molecule has 1 amide bonds. The molecule has 0 radical (unpaired) electrons. The second-order valence-electron chi connectivity index (χ2n) is 6.21. The third kappa shape index (κ3) is 5.19. The van der Waals surface area contributed by atoms with E-state index in [0.29, 0.717) is 5.88 Å². The van der Waals surface area contributed by atoms with Crippen molar-refractivity contribution in [3.63, 3.8) is 0 Å². The Balaban J connectivity index is 1.78. The van der Waals surface area contributed by atoms with Crippen LogP contribution in [-0.4, -0.2) is 39.6 Å². The van der Waals surface area contributed by atoms with Crippen molar-refractivity contribution in [2.75, 3.05) is 0 Å². The van der Waals surface area contributed by atoms with Crippen molar-refractivity contribution < 1.29 is 19.1 Å². The van der Waals surface area contributed by atoms with Gasteiger partial charge in [0.05, 0.1) is 6.20 Å². The summed E-state index contributed by atoms with van der Waals surface area (Å²) in [6, 6.07) is 0.0686. The first-order chi connectivity index (χ1) is 10.9. The highest BCUT2D eigenvalue weighted by molar-refractivity contribution is 5.86. The molecule has 7 heteroatoms. The fourth-order valence-corrected chi connectivity index (χ4v) is 2.61. The third-order valence-corrected chi connectivity index (χ3v) is 3.78. The van der Waals surface area contributed by atoms with Crippen LogP contribution < -0.4 is 10.1 Å². The van der Waals surface area contributed by atoms with E-state index in [4.69, 9.17) is 9.47 Å². The summed E-state index contributed by atoms with van der Waals surface area (Å²) in [4.78, 5) is 31.3. The molecule has 1 aliphatic carbocycles. The molecular weight excluding hydrogens is 298 g/mol. The minimum atomic E-state index is -1.15. The van der Waals surface area contributed by atoms with Gasteiger partial charge >= 0.3 is 5.97 Å². The zero-order chi connectivity index (χ0) is 16.9. The van der Waals surface area contributed by atoms with Gasteiger partial charge in [0.2, 0.25) is 5.88 Å². The van der Waals surface area contributed by atoms with Crippen LogP contribution in [0, 0.1) is 0 Å². The number of aromatic nitrogens is 2. The van der Waals surface area contributed by atoms with Crippen LogP contribution in [0.3, 0.4) is 0 Å². The number of nitrogens with zero attached hydrogens (tertiary/aromatic N) is 2. The van der Waals surface area contributed by atoms with Crippen LogP contribution >= 0.6 is 0 Å². The largest absolute Gasteiger partial charge is 0.473 e. The van der Waals surface area contributed by atoms with Crippen molar-refractivity contribution in [1.82, 2.24) is 15.3 Å². The molecular formula is C16H23N3O4. The minimum absolute atomic E-state index is 0.0686. The molecule has 1 N–H and O–H groups in total. The monoisotopic (exact) mass is 321 g/mol. The highest BCUT2D eigenvalue weighted by Gasteiger charge is 2.33. The normalized spacial score (nSPS) is 21.3. The Labute approximate surface area is 135 Å². The van der Waals surface area contributed by atoms with Gasteiger partial charge in [-0.05, 0) is 39.5 Å². The number of hydrogen-bond acceptors (Lipinski definition) is 6. The Morgan fingerprint density at radius 3 is 2.48 bits per heavy atom. The van der Waals surface area contributed by atoms with Crippen LogP contribution in [0.4, 0.5) is 0 Å². The second-order valence-corrected chi connectivity index (χ2v) is 6.21. The van der Waals surface area contributed by atoms with Gasteiger partial charge in [-0.3, -0.25) is 14.6 Å². The molecule has 7 nitrogen and oxygen atoms in total. The van der Waals surface area contributed by atoms with Crippen molar-refractivity contribution in [3.05, 3.63) is 18.6 Å². The van der Waals surface area contributed by atoms with Crippen molar-refractivity contribution >= 4 is 11.9 Å². The van der Waals surface area contributed by atoms with Crippen LogP contribution in [-0.2, 0) is 14.3 Å². The first-order valence-corrected chi connectivity index (χ1v) is 7.80. The summed E-state index contributed by atoms with van der Waals surface area (Å²) in [5, 5.41) is 2.95. The number of ether oxygens (including phenoxy) is 2. The van der Waals surface area contributed by atoms with E-state index in [-0.39, 0.29) is 18.1 Å². The Bertz CT molecular complexity index is 540. The molecule has 0 atom stereocenters. The van der Waals surface area contributed by atoms with E-state index in [1.165, 1.54) is 6.92 Å². The van der Waals surface area contributed by atoms with E-state index in [1.807, 2.05) is 0 Å². The van der Waals surface area contributed by atoms with Gasteiger partial charge in [-0.2, -0.15) is 0 Å². The topological polar surface area (TPSA) is 90.4 Å². The molecule has 0 spiro atoms. The summed E-state index contributed by atoms with van der Waals surface area (Å²) in [7, 11) is 0. The van der Waals surface area contributed by atoms with Crippen molar-refractivity contribution in [3.8, 4) is 5.88 Å². The summed E-state index contributed by atoms with van der Waals surface area (Å²) < 4.78 is 10.8.